The van der Waals surface area contributed by atoms with E-state index in [-0.39, 0.29) is 0 Å². The Balaban J connectivity index is 1.85. The molecule has 1 aliphatic rings. The summed E-state index contributed by atoms with van der Waals surface area (Å²) in [5.74, 6) is 0.990. The van der Waals surface area contributed by atoms with Crippen LogP contribution < -0.4 is 5.32 Å². The van der Waals surface area contributed by atoms with E-state index in [1.54, 1.807) is 0 Å². The Morgan fingerprint density at radius 3 is 3.06 bits per heavy atom. The van der Waals surface area contributed by atoms with Crippen molar-refractivity contribution in [3.05, 3.63) is 17.5 Å². The summed E-state index contributed by atoms with van der Waals surface area (Å²) in [4.78, 5) is 2.49. The molecule has 2 heterocycles. The topological polar surface area (TPSA) is 41.3 Å². The van der Waals surface area contributed by atoms with Crippen molar-refractivity contribution in [2.45, 2.75) is 65.2 Å². The molecule has 0 spiro atoms. The van der Waals surface area contributed by atoms with Crippen LogP contribution in [0.4, 0.5) is 0 Å². The predicted molar refractivity (Wildman–Crippen MR) is 72.2 cm³/mol. The first-order valence-corrected chi connectivity index (χ1v) is 7.07. The van der Waals surface area contributed by atoms with Gasteiger partial charge in [0.25, 0.3) is 0 Å². The molecule has 1 fully saturated rings. The molecule has 0 radical (unpaired) electrons. The lowest BCUT2D eigenvalue weighted by Gasteiger charge is -2.32. The van der Waals surface area contributed by atoms with Crippen LogP contribution in [-0.4, -0.2) is 28.7 Å². The number of hydrogen-bond donors (Lipinski definition) is 1. The van der Waals surface area contributed by atoms with Crippen molar-refractivity contribution in [1.29, 1.82) is 0 Å². The molecule has 0 saturated carbocycles. The molecule has 2 rings (SSSR count). The third-order valence-corrected chi connectivity index (χ3v) is 3.60. The van der Waals surface area contributed by atoms with Crippen LogP contribution in [0, 0.1) is 0 Å². The second-order valence-corrected chi connectivity index (χ2v) is 5.64. The first kappa shape index (κ1) is 13.6. The van der Waals surface area contributed by atoms with Gasteiger partial charge in [-0.05, 0) is 26.3 Å². The smallest absolute Gasteiger partial charge is 0.151 e. The van der Waals surface area contributed by atoms with Crippen molar-refractivity contribution >= 4 is 0 Å². The van der Waals surface area contributed by atoms with Crippen molar-refractivity contribution in [1.82, 2.24) is 15.4 Å². The number of likely N-dealkylation sites (tertiary alicyclic amines) is 1. The first-order valence-electron chi connectivity index (χ1n) is 7.07. The number of nitrogens with zero attached hydrogens (tertiary/aromatic N) is 2. The zero-order valence-corrected chi connectivity index (χ0v) is 11.8. The Bertz CT molecular complexity index is 362. The van der Waals surface area contributed by atoms with Crippen LogP contribution in [0.25, 0.3) is 0 Å². The number of aromatic nitrogens is 1. The van der Waals surface area contributed by atoms with Crippen molar-refractivity contribution in [2.24, 2.45) is 0 Å². The van der Waals surface area contributed by atoms with Gasteiger partial charge in [0.15, 0.2) is 5.76 Å². The molecule has 18 heavy (non-hydrogen) atoms. The molecule has 1 aromatic heterocycles. The maximum Gasteiger partial charge on any atom is 0.151 e. The molecule has 0 aliphatic carbocycles. The largest absolute Gasteiger partial charge is 0.360 e. The van der Waals surface area contributed by atoms with Crippen molar-refractivity contribution in [3.63, 3.8) is 0 Å². The molecule has 102 valence electrons. The fraction of sp³-hybridized carbons (Fsp3) is 0.786. The summed E-state index contributed by atoms with van der Waals surface area (Å²) >= 11 is 0. The maximum atomic E-state index is 5.42. The molecule has 1 saturated heterocycles. The molecule has 4 heteroatoms. The molecule has 1 atom stereocenters. The zero-order chi connectivity index (χ0) is 13.0. The Hall–Kier alpha value is -0.870. The minimum atomic E-state index is 0.479. The Kier molecular flexibility index (Phi) is 4.78. The highest BCUT2D eigenvalue weighted by molar-refractivity contribution is 5.05. The van der Waals surface area contributed by atoms with Gasteiger partial charge in [-0.2, -0.15) is 0 Å². The molecule has 0 amide bonds. The van der Waals surface area contributed by atoms with Crippen LogP contribution in [0.15, 0.2) is 10.6 Å². The highest BCUT2D eigenvalue weighted by atomic mass is 16.5. The SMILES string of the molecule is CC(C)NCc1cc(CN2CCCCC2C)on1. The lowest BCUT2D eigenvalue weighted by Crippen LogP contribution is -2.36. The second kappa shape index (κ2) is 6.34. The van der Waals surface area contributed by atoms with E-state index in [9.17, 15) is 0 Å². The lowest BCUT2D eigenvalue weighted by atomic mass is 10.0. The van der Waals surface area contributed by atoms with E-state index in [0.717, 1.165) is 24.5 Å². The monoisotopic (exact) mass is 251 g/mol. The van der Waals surface area contributed by atoms with Gasteiger partial charge in [0.05, 0.1) is 12.2 Å². The lowest BCUT2D eigenvalue weighted by molar-refractivity contribution is 0.137. The minimum Gasteiger partial charge on any atom is -0.360 e. The standard InChI is InChI=1S/C14H25N3O/c1-11(2)15-9-13-8-14(18-16-13)10-17-7-5-4-6-12(17)3/h8,11-12,15H,4-7,9-10H2,1-3H3. The number of rotatable bonds is 5. The fourth-order valence-corrected chi connectivity index (χ4v) is 2.41. The van der Waals surface area contributed by atoms with E-state index < -0.39 is 0 Å². The molecule has 1 N–H and O–H groups in total. The highest BCUT2D eigenvalue weighted by Crippen LogP contribution is 2.19. The molecule has 1 unspecified atom stereocenters. The van der Waals surface area contributed by atoms with Crippen LogP contribution in [0.3, 0.4) is 0 Å². The van der Waals surface area contributed by atoms with Crippen LogP contribution >= 0.6 is 0 Å². The highest BCUT2D eigenvalue weighted by Gasteiger charge is 2.19. The van der Waals surface area contributed by atoms with Gasteiger partial charge in [-0.15, -0.1) is 0 Å². The second-order valence-electron chi connectivity index (χ2n) is 5.64. The summed E-state index contributed by atoms with van der Waals surface area (Å²) in [6.45, 7) is 9.44. The molecule has 0 aromatic carbocycles. The third kappa shape index (κ3) is 3.82. The van der Waals surface area contributed by atoms with E-state index in [1.165, 1.54) is 25.8 Å². The van der Waals surface area contributed by atoms with Gasteiger partial charge in [-0.3, -0.25) is 4.90 Å². The molecule has 1 aliphatic heterocycles. The minimum absolute atomic E-state index is 0.479. The van der Waals surface area contributed by atoms with Gasteiger partial charge in [0.1, 0.15) is 0 Å². The molecular formula is C14H25N3O. The number of hydrogen-bond acceptors (Lipinski definition) is 4. The third-order valence-electron chi connectivity index (χ3n) is 3.60. The Morgan fingerprint density at radius 1 is 1.50 bits per heavy atom. The number of piperidine rings is 1. The average molecular weight is 251 g/mol. The Labute approximate surface area is 110 Å². The van der Waals surface area contributed by atoms with Crippen LogP contribution in [0.2, 0.25) is 0 Å². The summed E-state index contributed by atoms with van der Waals surface area (Å²) in [6, 6.07) is 3.23. The zero-order valence-electron chi connectivity index (χ0n) is 11.8. The van der Waals surface area contributed by atoms with Crippen LogP contribution in [0.1, 0.15) is 51.5 Å². The average Bonchev–Trinajstić information content (AvgIpc) is 2.77. The van der Waals surface area contributed by atoms with E-state index in [1.807, 2.05) is 0 Å². The van der Waals surface area contributed by atoms with Gasteiger partial charge < -0.3 is 9.84 Å². The molecule has 1 aromatic rings. The van der Waals surface area contributed by atoms with E-state index in [4.69, 9.17) is 4.52 Å². The quantitative estimate of drug-likeness (QED) is 0.873. The normalized spacial score (nSPS) is 21.7. The number of nitrogens with one attached hydrogen (secondary N) is 1. The van der Waals surface area contributed by atoms with Gasteiger partial charge >= 0.3 is 0 Å². The van der Waals surface area contributed by atoms with Gasteiger partial charge in [0.2, 0.25) is 0 Å². The molecule has 4 nitrogen and oxygen atoms in total. The first-order chi connectivity index (χ1) is 8.65. The van der Waals surface area contributed by atoms with Crippen LogP contribution in [-0.2, 0) is 13.1 Å². The predicted octanol–water partition coefficient (Wildman–Crippen LogP) is 2.55. The van der Waals surface area contributed by atoms with Crippen molar-refractivity contribution < 1.29 is 4.52 Å². The van der Waals surface area contributed by atoms with E-state index in [0.29, 0.717) is 12.1 Å². The summed E-state index contributed by atoms with van der Waals surface area (Å²) in [5, 5.41) is 7.47. The van der Waals surface area contributed by atoms with Gasteiger partial charge in [0, 0.05) is 24.7 Å². The fourth-order valence-electron chi connectivity index (χ4n) is 2.41. The van der Waals surface area contributed by atoms with Gasteiger partial charge in [-0.25, -0.2) is 0 Å². The maximum absolute atomic E-state index is 5.42. The summed E-state index contributed by atoms with van der Waals surface area (Å²) in [6.07, 6.45) is 3.97. The summed E-state index contributed by atoms with van der Waals surface area (Å²) in [5.41, 5.74) is 1.00. The van der Waals surface area contributed by atoms with Gasteiger partial charge in [-0.1, -0.05) is 25.4 Å². The Morgan fingerprint density at radius 2 is 2.33 bits per heavy atom. The summed E-state index contributed by atoms with van der Waals surface area (Å²) in [7, 11) is 0. The van der Waals surface area contributed by atoms with E-state index in [2.05, 4.69) is 42.2 Å². The molecule has 0 bridgehead atoms. The van der Waals surface area contributed by atoms with Crippen molar-refractivity contribution in [3.8, 4) is 0 Å². The van der Waals surface area contributed by atoms with Crippen LogP contribution in [0.5, 0.6) is 0 Å². The van der Waals surface area contributed by atoms with E-state index >= 15 is 0 Å². The summed E-state index contributed by atoms with van der Waals surface area (Å²) < 4.78 is 5.42. The molecular weight excluding hydrogens is 226 g/mol. The van der Waals surface area contributed by atoms with Crippen molar-refractivity contribution in [2.75, 3.05) is 6.54 Å².